The standard InChI is InChI=1S/C17H23NS/c1-5-8-15-9-6-7-10-17(15)18-13(3)16-11-12(2)19-14(16)4/h6-7,9-11,13,18H,5,8H2,1-4H3. The highest BCUT2D eigenvalue weighted by Gasteiger charge is 2.12. The fourth-order valence-electron chi connectivity index (χ4n) is 2.54. The number of hydrogen-bond acceptors (Lipinski definition) is 2. The second-order valence-corrected chi connectivity index (χ2v) is 6.60. The normalized spacial score (nSPS) is 12.4. The van der Waals surface area contributed by atoms with Gasteiger partial charge < -0.3 is 5.32 Å². The Morgan fingerprint density at radius 2 is 1.95 bits per heavy atom. The monoisotopic (exact) mass is 273 g/mol. The molecule has 0 saturated heterocycles. The van der Waals surface area contributed by atoms with Gasteiger partial charge in [0.25, 0.3) is 0 Å². The SMILES string of the molecule is CCCc1ccccc1NC(C)c1cc(C)sc1C. The van der Waals surface area contributed by atoms with Gasteiger partial charge in [-0.2, -0.15) is 0 Å². The number of thiophene rings is 1. The van der Waals surface area contributed by atoms with E-state index in [0.717, 1.165) is 6.42 Å². The number of anilines is 1. The van der Waals surface area contributed by atoms with Crippen LogP contribution >= 0.6 is 11.3 Å². The zero-order valence-electron chi connectivity index (χ0n) is 12.3. The van der Waals surface area contributed by atoms with E-state index in [1.807, 2.05) is 11.3 Å². The molecule has 1 atom stereocenters. The Bertz CT molecular complexity index is 542. The average Bonchev–Trinajstić information content (AvgIpc) is 2.71. The van der Waals surface area contributed by atoms with Crippen LogP contribution in [0.25, 0.3) is 0 Å². The maximum atomic E-state index is 3.67. The lowest BCUT2D eigenvalue weighted by Gasteiger charge is -2.18. The zero-order chi connectivity index (χ0) is 13.8. The summed E-state index contributed by atoms with van der Waals surface area (Å²) in [5.41, 5.74) is 4.12. The van der Waals surface area contributed by atoms with Crippen LogP contribution in [0.3, 0.4) is 0 Å². The smallest absolute Gasteiger partial charge is 0.0496 e. The Labute approximate surface area is 120 Å². The Hall–Kier alpha value is -1.28. The largest absolute Gasteiger partial charge is 0.378 e. The van der Waals surface area contributed by atoms with Crippen molar-refractivity contribution in [2.45, 2.75) is 46.6 Å². The molecule has 102 valence electrons. The molecule has 1 unspecified atom stereocenters. The van der Waals surface area contributed by atoms with Gasteiger partial charge in [0.05, 0.1) is 0 Å². The first-order valence-corrected chi connectivity index (χ1v) is 7.84. The summed E-state index contributed by atoms with van der Waals surface area (Å²) in [5, 5.41) is 3.67. The van der Waals surface area contributed by atoms with Gasteiger partial charge in [-0.3, -0.25) is 0 Å². The van der Waals surface area contributed by atoms with E-state index in [0.29, 0.717) is 6.04 Å². The lowest BCUT2D eigenvalue weighted by molar-refractivity contribution is 0.865. The molecule has 2 heteroatoms. The number of benzene rings is 1. The molecular formula is C17H23NS. The van der Waals surface area contributed by atoms with Gasteiger partial charge in [0.15, 0.2) is 0 Å². The van der Waals surface area contributed by atoms with Gasteiger partial charge in [-0.25, -0.2) is 0 Å². The Balaban J connectivity index is 2.19. The van der Waals surface area contributed by atoms with E-state index in [2.05, 4.69) is 63.3 Å². The van der Waals surface area contributed by atoms with Crippen molar-refractivity contribution in [3.63, 3.8) is 0 Å². The molecule has 0 amide bonds. The van der Waals surface area contributed by atoms with Crippen LogP contribution in [0.4, 0.5) is 5.69 Å². The first-order valence-electron chi connectivity index (χ1n) is 7.03. The second kappa shape index (κ2) is 6.25. The van der Waals surface area contributed by atoms with E-state index >= 15 is 0 Å². The van der Waals surface area contributed by atoms with Crippen LogP contribution in [0, 0.1) is 13.8 Å². The van der Waals surface area contributed by atoms with Crippen molar-refractivity contribution >= 4 is 17.0 Å². The first kappa shape index (κ1) is 14.1. The first-order chi connectivity index (χ1) is 9.11. The number of rotatable bonds is 5. The van der Waals surface area contributed by atoms with Gasteiger partial charge >= 0.3 is 0 Å². The Morgan fingerprint density at radius 3 is 2.58 bits per heavy atom. The van der Waals surface area contributed by atoms with Crippen molar-refractivity contribution in [3.8, 4) is 0 Å². The molecule has 0 aliphatic heterocycles. The average molecular weight is 273 g/mol. The third-order valence-corrected chi connectivity index (χ3v) is 4.44. The topological polar surface area (TPSA) is 12.0 Å². The maximum absolute atomic E-state index is 3.67. The molecule has 0 fully saturated rings. The minimum atomic E-state index is 0.364. The summed E-state index contributed by atoms with van der Waals surface area (Å²) < 4.78 is 0. The molecule has 1 aromatic carbocycles. The molecule has 2 rings (SSSR count). The summed E-state index contributed by atoms with van der Waals surface area (Å²) in [5.74, 6) is 0. The van der Waals surface area contributed by atoms with E-state index in [1.54, 1.807) is 0 Å². The highest BCUT2D eigenvalue weighted by Crippen LogP contribution is 2.29. The predicted octanol–water partition coefficient (Wildman–Crippen LogP) is 5.49. The summed E-state index contributed by atoms with van der Waals surface area (Å²) in [4.78, 5) is 2.81. The maximum Gasteiger partial charge on any atom is 0.0496 e. The lowest BCUT2D eigenvalue weighted by atomic mass is 10.1. The fourth-order valence-corrected chi connectivity index (χ4v) is 3.56. The molecule has 0 saturated carbocycles. The van der Waals surface area contributed by atoms with Crippen molar-refractivity contribution in [2.75, 3.05) is 5.32 Å². The third-order valence-electron chi connectivity index (χ3n) is 3.45. The lowest BCUT2D eigenvalue weighted by Crippen LogP contribution is -2.08. The molecule has 0 spiro atoms. The van der Waals surface area contributed by atoms with Crippen LogP contribution in [0.5, 0.6) is 0 Å². The molecule has 0 bridgehead atoms. The molecular weight excluding hydrogens is 250 g/mol. The van der Waals surface area contributed by atoms with Crippen LogP contribution in [0.15, 0.2) is 30.3 Å². The van der Waals surface area contributed by atoms with Gasteiger partial charge in [0.2, 0.25) is 0 Å². The minimum absolute atomic E-state index is 0.364. The van der Waals surface area contributed by atoms with Crippen LogP contribution in [0.1, 0.15) is 47.2 Å². The molecule has 1 nitrogen and oxygen atoms in total. The van der Waals surface area contributed by atoms with E-state index < -0.39 is 0 Å². The second-order valence-electron chi connectivity index (χ2n) is 5.14. The summed E-state index contributed by atoms with van der Waals surface area (Å²) in [6.45, 7) is 8.87. The van der Waals surface area contributed by atoms with Gasteiger partial charge in [-0.1, -0.05) is 31.5 Å². The van der Waals surface area contributed by atoms with Gasteiger partial charge in [0.1, 0.15) is 0 Å². The molecule has 1 N–H and O–H groups in total. The quantitative estimate of drug-likeness (QED) is 0.759. The zero-order valence-corrected chi connectivity index (χ0v) is 13.1. The fraction of sp³-hybridized carbons (Fsp3) is 0.412. The molecule has 1 aromatic heterocycles. The summed E-state index contributed by atoms with van der Waals surface area (Å²) >= 11 is 1.88. The van der Waals surface area contributed by atoms with Crippen LogP contribution in [0.2, 0.25) is 0 Å². The van der Waals surface area contributed by atoms with Crippen LogP contribution in [-0.4, -0.2) is 0 Å². The summed E-state index contributed by atoms with van der Waals surface area (Å²) in [6.07, 6.45) is 2.32. The van der Waals surface area contributed by atoms with Gasteiger partial charge in [0, 0.05) is 21.5 Å². The summed E-state index contributed by atoms with van der Waals surface area (Å²) in [7, 11) is 0. The van der Waals surface area contributed by atoms with E-state index in [-0.39, 0.29) is 0 Å². The van der Waals surface area contributed by atoms with Gasteiger partial charge in [-0.05, 0) is 50.5 Å². The van der Waals surface area contributed by atoms with Crippen molar-refractivity contribution in [3.05, 3.63) is 51.2 Å². The predicted molar refractivity (Wildman–Crippen MR) is 86.3 cm³/mol. The van der Waals surface area contributed by atoms with Crippen molar-refractivity contribution in [2.24, 2.45) is 0 Å². The molecule has 1 heterocycles. The van der Waals surface area contributed by atoms with E-state index in [9.17, 15) is 0 Å². The summed E-state index contributed by atoms with van der Waals surface area (Å²) in [6, 6.07) is 11.3. The molecule has 2 aromatic rings. The molecule has 0 aliphatic rings. The number of hydrogen-bond donors (Lipinski definition) is 1. The van der Waals surface area contributed by atoms with Crippen molar-refractivity contribution in [1.82, 2.24) is 0 Å². The highest BCUT2D eigenvalue weighted by atomic mass is 32.1. The van der Waals surface area contributed by atoms with Crippen molar-refractivity contribution < 1.29 is 0 Å². The molecule has 19 heavy (non-hydrogen) atoms. The minimum Gasteiger partial charge on any atom is -0.378 e. The van der Waals surface area contributed by atoms with E-state index in [4.69, 9.17) is 0 Å². The Morgan fingerprint density at radius 1 is 1.21 bits per heavy atom. The number of nitrogens with one attached hydrogen (secondary N) is 1. The molecule has 0 radical (unpaired) electrons. The Kier molecular flexibility index (Phi) is 4.65. The van der Waals surface area contributed by atoms with Crippen LogP contribution in [-0.2, 0) is 6.42 Å². The van der Waals surface area contributed by atoms with Gasteiger partial charge in [-0.15, -0.1) is 11.3 Å². The molecule has 0 aliphatic carbocycles. The number of para-hydroxylation sites is 1. The third kappa shape index (κ3) is 3.38. The number of aryl methyl sites for hydroxylation is 3. The van der Waals surface area contributed by atoms with E-state index in [1.165, 1.54) is 33.0 Å². The van der Waals surface area contributed by atoms with Crippen LogP contribution < -0.4 is 5.32 Å². The van der Waals surface area contributed by atoms with Crippen molar-refractivity contribution in [1.29, 1.82) is 0 Å². The highest BCUT2D eigenvalue weighted by molar-refractivity contribution is 7.12.